The molecule has 0 amide bonds. The molecule has 0 fully saturated rings. The average molecular weight is 451 g/mol. The van der Waals surface area contributed by atoms with Gasteiger partial charge in [-0.1, -0.05) is 40.9 Å². The zero-order valence-corrected chi connectivity index (χ0v) is 17.8. The van der Waals surface area contributed by atoms with E-state index in [4.69, 9.17) is 44.6 Å². The standard InChI is InChI=1S/C22H18Cl3NO3/c1-13-8-14(22(27)28)3-6-20(13)26-11-16-9-17(23)5-7-21(16)29-12-15-2-4-18(24)10-19(15)25/h2-10,26H,11-12H2,1H3,(H,27,28). The summed E-state index contributed by atoms with van der Waals surface area (Å²) in [6, 6.07) is 15.6. The Balaban J connectivity index is 1.74. The van der Waals surface area contributed by atoms with Gasteiger partial charge in [0.05, 0.1) is 5.56 Å². The van der Waals surface area contributed by atoms with Crippen LogP contribution in [0.3, 0.4) is 0 Å². The summed E-state index contributed by atoms with van der Waals surface area (Å²) < 4.78 is 5.96. The summed E-state index contributed by atoms with van der Waals surface area (Å²) in [6.07, 6.45) is 0. The number of rotatable bonds is 7. The van der Waals surface area contributed by atoms with Gasteiger partial charge < -0.3 is 15.2 Å². The van der Waals surface area contributed by atoms with E-state index in [1.165, 1.54) is 0 Å². The predicted molar refractivity (Wildman–Crippen MR) is 118 cm³/mol. The van der Waals surface area contributed by atoms with Gasteiger partial charge in [0.2, 0.25) is 0 Å². The van der Waals surface area contributed by atoms with E-state index in [9.17, 15) is 4.79 Å². The molecule has 2 N–H and O–H groups in total. The normalized spacial score (nSPS) is 10.6. The highest BCUT2D eigenvalue weighted by Gasteiger charge is 2.10. The summed E-state index contributed by atoms with van der Waals surface area (Å²) >= 11 is 18.3. The smallest absolute Gasteiger partial charge is 0.335 e. The van der Waals surface area contributed by atoms with Gasteiger partial charge in [0.15, 0.2) is 0 Å². The molecule has 0 atom stereocenters. The number of nitrogens with one attached hydrogen (secondary N) is 1. The van der Waals surface area contributed by atoms with E-state index in [0.29, 0.717) is 27.4 Å². The van der Waals surface area contributed by atoms with Crippen molar-refractivity contribution in [3.63, 3.8) is 0 Å². The van der Waals surface area contributed by atoms with Crippen molar-refractivity contribution >= 4 is 46.5 Å². The Morgan fingerprint density at radius 3 is 2.38 bits per heavy atom. The minimum atomic E-state index is -0.953. The Labute approximate surface area is 184 Å². The molecule has 3 aromatic carbocycles. The number of halogens is 3. The molecule has 0 saturated carbocycles. The van der Waals surface area contributed by atoms with E-state index >= 15 is 0 Å². The fraction of sp³-hybridized carbons (Fsp3) is 0.136. The third-order valence-corrected chi connectivity index (χ3v) is 5.19. The minimum Gasteiger partial charge on any atom is -0.488 e. The number of ether oxygens (including phenoxy) is 1. The Kier molecular flexibility index (Phi) is 6.91. The molecule has 3 aromatic rings. The third kappa shape index (κ3) is 5.57. The SMILES string of the molecule is Cc1cc(C(=O)O)ccc1NCc1cc(Cl)ccc1OCc1ccc(Cl)cc1Cl. The molecule has 0 aromatic heterocycles. The highest BCUT2D eigenvalue weighted by Crippen LogP contribution is 2.28. The molecular weight excluding hydrogens is 433 g/mol. The molecule has 0 heterocycles. The van der Waals surface area contributed by atoms with E-state index in [1.54, 1.807) is 36.4 Å². The molecule has 7 heteroatoms. The van der Waals surface area contributed by atoms with E-state index in [1.807, 2.05) is 25.1 Å². The predicted octanol–water partition coefficient (Wildman–Crippen LogP) is 6.84. The molecule has 0 radical (unpaired) electrons. The summed E-state index contributed by atoms with van der Waals surface area (Å²) in [5.74, 6) is -0.279. The molecule has 0 aliphatic rings. The number of aryl methyl sites for hydroxylation is 1. The van der Waals surface area contributed by atoms with Crippen molar-refractivity contribution in [2.24, 2.45) is 0 Å². The quantitative estimate of drug-likeness (QED) is 0.413. The van der Waals surface area contributed by atoms with Gasteiger partial charge in [-0.2, -0.15) is 0 Å². The third-order valence-electron chi connectivity index (χ3n) is 4.36. The Morgan fingerprint density at radius 2 is 1.69 bits per heavy atom. The Morgan fingerprint density at radius 1 is 0.966 bits per heavy atom. The van der Waals surface area contributed by atoms with Crippen molar-refractivity contribution in [1.29, 1.82) is 0 Å². The van der Waals surface area contributed by atoms with Crippen LogP contribution in [0.4, 0.5) is 5.69 Å². The zero-order valence-electron chi connectivity index (χ0n) is 15.5. The van der Waals surface area contributed by atoms with Crippen LogP contribution in [-0.4, -0.2) is 11.1 Å². The number of hydrogen-bond acceptors (Lipinski definition) is 3. The van der Waals surface area contributed by atoms with Crippen LogP contribution in [0.5, 0.6) is 5.75 Å². The van der Waals surface area contributed by atoms with Gasteiger partial charge in [0, 0.05) is 38.4 Å². The number of aromatic carboxylic acids is 1. The molecule has 29 heavy (non-hydrogen) atoms. The van der Waals surface area contributed by atoms with Gasteiger partial charge in [0.1, 0.15) is 12.4 Å². The first-order valence-corrected chi connectivity index (χ1v) is 9.90. The first-order valence-electron chi connectivity index (χ1n) is 8.76. The average Bonchev–Trinajstić information content (AvgIpc) is 2.67. The van der Waals surface area contributed by atoms with Crippen molar-refractivity contribution in [3.8, 4) is 5.75 Å². The lowest BCUT2D eigenvalue weighted by atomic mass is 10.1. The van der Waals surface area contributed by atoms with Crippen LogP contribution in [0.25, 0.3) is 0 Å². The summed E-state index contributed by atoms with van der Waals surface area (Å²) in [7, 11) is 0. The van der Waals surface area contributed by atoms with Crippen LogP contribution in [0.2, 0.25) is 15.1 Å². The van der Waals surface area contributed by atoms with Crippen LogP contribution in [-0.2, 0) is 13.2 Å². The largest absolute Gasteiger partial charge is 0.488 e. The monoisotopic (exact) mass is 449 g/mol. The Hall–Kier alpha value is -2.40. The van der Waals surface area contributed by atoms with Crippen molar-refractivity contribution in [3.05, 3.63) is 91.9 Å². The second-order valence-corrected chi connectivity index (χ2v) is 7.74. The maximum atomic E-state index is 11.1. The lowest BCUT2D eigenvalue weighted by Crippen LogP contribution is -2.06. The van der Waals surface area contributed by atoms with E-state index in [0.717, 1.165) is 22.4 Å². The zero-order chi connectivity index (χ0) is 21.0. The second-order valence-electron chi connectivity index (χ2n) is 6.46. The number of anilines is 1. The first-order chi connectivity index (χ1) is 13.8. The van der Waals surface area contributed by atoms with Gasteiger partial charge >= 0.3 is 5.97 Å². The van der Waals surface area contributed by atoms with Gasteiger partial charge in [0.25, 0.3) is 0 Å². The summed E-state index contributed by atoms with van der Waals surface area (Å²) in [5, 5.41) is 14.1. The molecule has 0 spiro atoms. The number of carbonyl (C=O) groups is 1. The second kappa shape index (κ2) is 9.40. The molecule has 0 unspecified atom stereocenters. The van der Waals surface area contributed by atoms with Crippen molar-refractivity contribution in [2.45, 2.75) is 20.1 Å². The lowest BCUT2D eigenvalue weighted by molar-refractivity contribution is 0.0697. The van der Waals surface area contributed by atoms with Crippen LogP contribution in [0.15, 0.2) is 54.6 Å². The van der Waals surface area contributed by atoms with E-state index in [-0.39, 0.29) is 12.2 Å². The van der Waals surface area contributed by atoms with Crippen molar-refractivity contribution in [2.75, 3.05) is 5.32 Å². The fourth-order valence-corrected chi connectivity index (χ4v) is 3.46. The van der Waals surface area contributed by atoms with Crippen LogP contribution < -0.4 is 10.1 Å². The Bertz CT molecular complexity index is 1050. The number of carboxylic acids is 1. The molecule has 0 aliphatic heterocycles. The van der Waals surface area contributed by atoms with Crippen LogP contribution >= 0.6 is 34.8 Å². The highest BCUT2D eigenvalue weighted by atomic mass is 35.5. The summed E-state index contributed by atoms with van der Waals surface area (Å²) in [5.41, 5.74) is 3.61. The molecular formula is C22H18Cl3NO3. The molecule has 0 aliphatic carbocycles. The summed E-state index contributed by atoms with van der Waals surface area (Å²) in [4.78, 5) is 11.1. The van der Waals surface area contributed by atoms with E-state index < -0.39 is 5.97 Å². The van der Waals surface area contributed by atoms with Crippen molar-refractivity contribution < 1.29 is 14.6 Å². The van der Waals surface area contributed by atoms with Crippen molar-refractivity contribution in [1.82, 2.24) is 0 Å². The van der Waals surface area contributed by atoms with Gasteiger partial charge in [-0.3, -0.25) is 0 Å². The molecule has 0 saturated heterocycles. The van der Waals surface area contributed by atoms with Crippen LogP contribution in [0, 0.1) is 6.92 Å². The molecule has 0 bridgehead atoms. The maximum Gasteiger partial charge on any atom is 0.335 e. The van der Waals surface area contributed by atoms with Gasteiger partial charge in [-0.25, -0.2) is 4.79 Å². The number of carboxylic acid groups (broad SMARTS) is 1. The summed E-state index contributed by atoms with van der Waals surface area (Å²) in [6.45, 7) is 2.60. The molecule has 3 rings (SSSR count). The highest BCUT2D eigenvalue weighted by molar-refractivity contribution is 6.35. The molecule has 4 nitrogen and oxygen atoms in total. The lowest BCUT2D eigenvalue weighted by Gasteiger charge is -2.15. The topological polar surface area (TPSA) is 58.6 Å². The minimum absolute atomic E-state index is 0.250. The number of benzene rings is 3. The van der Waals surface area contributed by atoms with Gasteiger partial charge in [-0.05, 0) is 61.0 Å². The van der Waals surface area contributed by atoms with Crippen LogP contribution in [0.1, 0.15) is 27.0 Å². The fourth-order valence-electron chi connectivity index (χ4n) is 2.81. The van der Waals surface area contributed by atoms with E-state index in [2.05, 4.69) is 5.32 Å². The number of hydrogen-bond donors (Lipinski definition) is 2. The van der Waals surface area contributed by atoms with Gasteiger partial charge in [-0.15, -0.1) is 0 Å². The first kappa shape index (κ1) is 21.3. The molecule has 150 valence electrons. The maximum absolute atomic E-state index is 11.1.